The smallest absolute Gasteiger partial charge is 0.251 e. The molecule has 0 unspecified atom stereocenters. The maximum absolute atomic E-state index is 12.2. The number of phenolic OH excluding ortho intramolecular Hbond substituents is 1. The number of carbonyl (C=O) groups excluding carboxylic acids is 1. The van der Waals surface area contributed by atoms with Crippen LogP contribution in [0.3, 0.4) is 0 Å². The molecule has 0 aliphatic heterocycles. The normalized spacial score (nSPS) is 10.7. The van der Waals surface area contributed by atoms with Crippen LogP contribution in [-0.2, 0) is 6.54 Å². The highest BCUT2D eigenvalue weighted by Gasteiger charge is 2.13. The van der Waals surface area contributed by atoms with Gasteiger partial charge >= 0.3 is 0 Å². The van der Waals surface area contributed by atoms with Gasteiger partial charge < -0.3 is 30.1 Å². The molecule has 0 saturated heterocycles. The van der Waals surface area contributed by atoms with E-state index in [-0.39, 0.29) is 35.6 Å². The largest absolute Gasteiger partial charge is 0.508 e. The van der Waals surface area contributed by atoms with E-state index >= 15 is 0 Å². The lowest BCUT2D eigenvalue weighted by atomic mass is 10.1. The summed E-state index contributed by atoms with van der Waals surface area (Å²) in [5.41, 5.74) is 2.70. The van der Waals surface area contributed by atoms with E-state index in [1.54, 1.807) is 26.4 Å². The number of aromatic hydroxyl groups is 1. The molecule has 0 heterocycles. The molecule has 2 aromatic rings. The van der Waals surface area contributed by atoms with E-state index in [4.69, 9.17) is 9.47 Å². The lowest BCUT2D eigenvalue weighted by Gasteiger charge is -2.23. The Morgan fingerprint density at radius 1 is 1.09 bits per heavy atom. The van der Waals surface area contributed by atoms with E-state index in [2.05, 4.69) is 15.6 Å². The average Bonchev–Trinajstić information content (AvgIpc) is 2.77. The molecular formula is C23H33IN4O4. The van der Waals surface area contributed by atoms with Gasteiger partial charge in [0, 0.05) is 32.2 Å². The van der Waals surface area contributed by atoms with Gasteiger partial charge in [0.2, 0.25) is 0 Å². The minimum atomic E-state index is -0.200. The van der Waals surface area contributed by atoms with Gasteiger partial charge in [0.15, 0.2) is 17.5 Å². The van der Waals surface area contributed by atoms with E-state index in [0.717, 1.165) is 23.6 Å². The number of carbonyl (C=O) groups is 1. The number of amides is 1. The number of methoxy groups -OCH3 is 2. The molecule has 0 saturated carbocycles. The molecule has 2 aromatic carbocycles. The fourth-order valence-corrected chi connectivity index (χ4v) is 3.04. The van der Waals surface area contributed by atoms with Crippen molar-refractivity contribution in [2.75, 3.05) is 40.9 Å². The van der Waals surface area contributed by atoms with Crippen LogP contribution in [0.4, 0.5) is 0 Å². The second-order valence-electron chi connectivity index (χ2n) is 7.03. The molecule has 0 aromatic heterocycles. The number of aryl methyl sites for hydroxylation is 1. The molecule has 2 rings (SSSR count). The van der Waals surface area contributed by atoms with Crippen LogP contribution in [0.15, 0.2) is 41.4 Å². The van der Waals surface area contributed by atoms with E-state index in [0.29, 0.717) is 36.7 Å². The number of hydrogen-bond donors (Lipinski definition) is 3. The summed E-state index contributed by atoms with van der Waals surface area (Å²) in [5, 5.41) is 15.4. The number of ether oxygens (including phenoxy) is 2. The molecule has 32 heavy (non-hydrogen) atoms. The number of guanidine groups is 1. The van der Waals surface area contributed by atoms with Crippen LogP contribution in [0.1, 0.15) is 28.4 Å². The standard InChI is InChI=1S/C23H32N4O4.HI/c1-6-24-23(26-12-11-25-22(29)17-7-9-19(28)10-8-17)27(3)15-18-14-21(31-5)20(30-4)13-16(18)2;/h7-10,13-14,28H,6,11-12,15H2,1-5H3,(H,24,26)(H,25,29);1H. The molecule has 0 aliphatic rings. The number of aliphatic imine (C=N–C) groups is 1. The summed E-state index contributed by atoms with van der Waals surface area (Å²) in [7, 11) is 5.21. The first kappa shape index (κ1) is 27.3. The van der Waals surface area contributed by atoms with Crippen LogP contribution >= 0.6 is 24.0 Å². The number of halogens is 1. The lowest BCUT2D eigenvalue weighted by Crippen LogP contribution is -2.39. The van der Waals surface area contributed by atoms with E-state index in [9.17, 15) is 9.90 Å². The van der Waals surface area contributed by atoms with Crippen LogP contribution in [-0.4, -0.2) is 62.8 Å². The molecule has 0 atom stereocenters. The van der Waals surface area contributed by atoms with Crippen LogP contribution in [0.25, 0.3) is 0 Å². The quantitative estimate of drug-likeness (QED) is 0.190. The molecule has 0 spiro atoms. The first-order valence-corrected chi connectivity index (χ1v) is 10.2. The molecule has 0 radical (unpaired) electrons. The maximum Gasteiger partial charge on any atom is 0.251 e. The highest BCUT2D eigenvalue weighted by Crippen LogP contribution is 2.30. The molecule has 9 heteroatoms. The summed E-state index contributed by atoms with van der Waals surface area (Å²) in [6.45, 7) is 6.25. The summed E-state index contributed by atoms with van der Waals surface area (Å²) in [4.78, 5) is 18.8. The third-order valence-electron chi connectivity index (χ3n) is 4.73. The van der Waals surface area contributed by atoms with Crippen molar-refractivity contribution in [2.24, 2.45) is 4.99 Å². The Hall–Kier alpha value is -2.69. The average molecular weight is 556 g/mol. The number of rotatable bonds is 9. The highest BCUT2D eigenvalue weighted by atomic mass is 127. The maximum atomic E-state index is 12.2. The molecule has 8 nitrogen and oxygen atoms in total. The van der Waals surface area contributed by atoms with E-state index in [1.165, 1.54) is 12.1 Å². The number of phenols is 1. The number of nitrogens with one attached hydrogen (secondary N) is 2. The Morgan fingerprint density at radius 3 is 2.31 bits per heavy atom. The van der Waals surface area contributed by atoms with E-state index in [1.807, 2.05) is 37.9 Å². The van der Waals surface area contributed by atoms with Crippen molar-refractivity contribution in [1.29, 1.82) is 0 Å². The number of nitrogens with zero attached hydrogens (tertiary/aromatic N) is 2. The fourth-order valence-electron chi connectivity index (χ4n) is 3.04. The van der Waals surface area contributed by atoms with Crippen molar-refractivity contribution >= 4 is 35.8 Å². The van der Waals surface area contributed by atoms with Crippen molar-refractivity contribution in [3.8, 4) is 17.2 Å². The second-order valence-corrected chi connectivity index (χ2v) is 7.03. The number of hydrogen-bond acceptors (Lipinski definition) is 5. The predicted molar refractivity (Wildman–Crippen MR) is 138 cm³/mol. The Kier molecular flexibility index (Phi) is 11.7. The molecule has 0 fully saturated rings. The molecule has 1 amide bonds. The molecule has 176 valence electrons. The zero-order chi connectivity index (χ0) is 22.8. The zero-order valence-electron chi connectivity index (χ0n) is 19.3. The van der Waals surface area contributed by atoms with Crippen molar-refractivity contribution in [3.63, 3.8) is 0 Å². The van der Waals surface area contributed by atoms with Gasteiger partial charge in [-0.2, -0.15) is 0 Å². The van der Waals surface area contributed by atoms with Crippen LogP contribution in [0.2, 0.25) is 0 Å². The summed E-state index contributed by atoms with van der Waals surface area (Å²) in [6.07, 6.45) is 0. The Balaban J connectivity index is 0.00000512. The van der Waals surface area contributed by atoms with Crippen molar-refractivity contribution in [1.82, 2.24) is 15.5 Å². The van der Waals surface area contributed by atoms with Crippen molar-refractivity contribution < 1.29 is 19.4 Å². The first-order valence-electron chi connectivity index (χ1n) is 10.2. The van der Waals surface area contributed by atoms with Gasteiger partial charge in [-0.3, -0.25) is 9.79 Å². The summed E-state index contributed by atoms with van der Waals surface area (Å²) < 4.78 is 10.8. The topological polar surface area (TPSA) is 95.4 Å². The third kappa shape index (κ3) is 7.77. The predicted octanol–water partition coefficient (Wildman–Crippen LogP) is 3.16. The van der Waals surface area contributed by atoms with Gasteiger partial charge in [0.05, 0.1) is 20.8 Å². The highest BCUT2D eigenvalue weighted by molar-refractivity contribution is 14.0. The summed E-state index contributed by atoms with van der Waals surface area (Å²) in [6, 6.07) is 10.1. The third-order valence-corrected chi connectivity index (χ3v) is 4.73. The van der Waals surface area contributed by atoms with E-state index < -0.39 is 0 Å². The SMILES string of the molecule is CCNC(=NCCNC(=O)c1ccc(O)cc1)N(C)Cc1cc(OC)c(OC)cc1C.I. The van der Waals surface area contributed by atoms with Gasteiger partial charge in [0.25, 0.3) is 5.91 Å². The minimum absolute atomic E-state index is 0. The van der Waals surface area contributed by atoms with Crippen LogP contribution < -0.4 is 20.1 Å². The summed E-state index contributed by atoms with van der Waals surface area (Å²) in [5.74, 6) is 2.07. The Morgan fingerprint density at radius 2 is 1.72 bits per heavy atom. The molecule has 3 N–H and O–H groups in total. The number of benzene rings is 2. The van der Waals surface area contributed by atoms with Gasteiger partial charge in [0.1, 0.15) is 5.75 Å². The molecular weight excluding hydrogens is 523 g/mol. The van der Waals surface area contributed by atoms with Crippen molar-refractivity contribution in [3.05, 3.63) is 53.1 Å². The first-order chi connectivity index (χ1) is 14.9. The minimum Gasteiger partial charge on any atom is -0.508 e. The zero-order valence-corrected chi connectivity index (χ0v) is 21.6. The molecule has 0 aliphatic carbocycles. The molecule has 0 bridgehead atoms. The van der Waals surface area contributed by atoms with Crippen LogP contribution in [0, 0.1) is 6.92 Å². The van der Waals surface area contributed by atoms with Gasteiger partial charge in [-0.25, -0.2) is 0 Å². The lowest BCUT2D eigenvalue weighted by molar-refractivity contribution is 0.0955. The van der Waals surface area contributed by atoms with Crippen molar-refractivity contribution in [2.45, 2.75) is 20.4 Å². The van der Waals surface area contributed by atoms with Gasteiger partial charge in [-0.15, -0.1) is 24.0 Å². The fraction of sp³-hybridized carbons (Fsp3) is 0.391. The monoisotopic (exact) mass is 556 g/mol. The Bertz CT molecular complexity index is 904. The Labute approximate surface area is 207 Å². The van der Waals surface area contributed by atoms with Gasteiger partial charge in [-0.1, -0.05) is 0 Å². The second kappa shape index (κ2) is 13.7. The summed E-state index contributed by atoms with van der Waals surface area (Å²) >= 11 is 0. The van der Waals surface area contributed by atoms with Crippen LogP contribution in [0.5, 0.6) is 17.2 Å². The van der Waals surface area contributed by atoms with Gasteiger partial charge in [-0.05, 0) is 61.4 Å².